The smallest absolute Gasteiger partial charge is 0.00795 e. The fourth-order valence-electron chi connectivity index (χ4n) is 3.71. The van der Waals surface area contributed by atoms with Gasteiger partial charge in [0.25, 0.3) is 0 Å². The number of nitrogens with zero attached hydrogens (tertiary/aromatic N) is 1. The summed E-state index contributed by atoms with van der Waals surface area (Å²) in [4.78, 5) is 2.70. The molecule has 3 atom stereocenters. The van der Waals surface area contributed by atoms with Crippen LogP contribution in [0, 0.1) is 23.2 Å². The lowest BCUT2D eigenvalue weighted by Crippen LogP contribution is -2.47. The summed E-state index contributed by atoms with van der Waals surface area (Å²) >= 11 is 0. The van der Waals surface area contributed by atoms with E-state index in [4.69, 9.17) is 5.73 Å². The minimum Gasteiger partial charge on any atom is -0.327 e. The Morgan fingerprint density at radius 2 is 1.70 bits per heavy atom. The topological polar surface area (TPSA) is 29.3 Å². The molecule has 0 aromatic heterocycles. The lowest BCUT2D eigenvalue weighted by Gasteiger charge is -2.43. The van der Waals surface area contributed by atoms with Crippen molar-refractivity contribution in [2.24, 2.45) is 28.9 Å². The molecule has 0 aromatic rings. The van der Waals surface area contributed by atoms with Crippen molar-refractivity contribution in [3.8, 4) is 0 Å². The maximum Gasteiger partial charge on any atom is 0.00795 e. The van der Waals surface area contributed by atoms with Gasteiger partial charge in [-0.2, -0.15) is 0 Å². The predicted molar refractivity (Wildman–Crippen MR) is 87.7 cm³/mol. The van der Waals surface area contributed by atoms with Crippen molar-refractivity contribution >= 4 is 0 Å². The highest BCUT2D eigenvalue weighted by atomic mass is 15.2. The fraction of sp³-hybridized carbons (Fsp3) is 1.00. The van der Waals surface area contributed by atoms with E-state index in [9.17, 15) is 0 Å². The van der Waals surface area contributed by atoms with E-state index in [1.807, 2.05) is 0 Å². The molecule has 2 N–H and O–H groups in total. The monoisotopic (exact) mass is 280 g/mol. The minimum atomic E-state index is 0.425. The van der Waals surface area contributed by atoms with Crippen LogP contribution in [0.4, 0.5) is 0 Å². The Kier molecular flexibility index (Phi) is 5.18. The molecule has 0 bridgehead atoms. The van der Waals surface area contributed by atoms with E-state index in [0.29, 0.717) is 23.4 Å². The van der Waals surface area contributed by atoms with Crippen LogP contribution in [0.15, 0.2) is 0 Å². The van der Waals surface area contributed by atoms with Gasteiger partial charge in [0.05, 0.1) is 0 Å². The second kappa shape index (κ2) is 6.36. The SMILES string of the molecule is CC(C)N(CC1CC1)CC1CC(C(C)(C)C)CCC1N. The van der Waals surface area contributed by atoms with Gasteiger partial charge in [-0.1, -0.05) is 20.8 Å². The molecule has 2 rings (SSSR count). The van der Waals surface area contributed by atoms with E-state index in [1.54, 1.807) is 0 Å². The zero-order chi connectivity index (χ0) is 14.9. The molecule has 0 amide bonds. The van der Waals surface area contributed by atoms with Crippen LogP contribution in [-0.2, 0) is 0 Å². The summed E-state index contributed by atoms with van der Waals surface area (Å²) in [5.74, 6) is 2.53. The van der Waals surface area contributed by atoms with Crippen molar-refractivity contribution in [3.63, 3.8) is 0 Å². The van der Waals surface area contributed by atoms with Crippen LogP contribution in [-0.4, -0.2) is 30.1 Å². The van der Waals surface area contributed by atoms with E-state index < -0.39 is 0 Å². The van der Waals surface area contributed by atoms with E-state index in [2.05, 4.69) is 39.5 Å². The van der Waals surface area contributed by atoms with Crippen molar-refractivity contribution in [2.45, 2.75) is 78.8 Å². The second-order valence-corrected chi connectivity index (χ2v) is 8.79. The van der Waals surface area contributed by atoms with Crippen molar-refractivity contribution in [1.82, 2.24) is 4.90 Å². The quantitative estimate of drug-likeness (QED) is 0.827. The molecule has 0 saturated heterocycles. The highest BCUT2D eigenvalue weighted by Gasteiger charge is 2.36. The summed E-state index contributed by atoms with van der Waals surface area (Å²) in [5.41, 5.74) is 6.89. The molecule has 20 heavy (non-hydrogen) atoms. The molecule has 0 heterocycles. The Bertz CT molecular complexity index is 301. The fourth-order valence-corrected chi connectivity index (χ4v) is 3.71. The van der Waals surface area contributed by atoms with Crippen molar-refractivity contribution in [1.29, 1.82) is 0 Å². The Hall–Kier alpha value is -0.0800. The number of nitrogens with two attached hydrogens (primary N) is 1. The van der Waals surface area contributed by atoms with Gasteiger partial charge in [-0.3, -0.25) is 0 Å². The van der Waals surface area contributed by atoms with E-state index >= 15 is 0 Å². The summed E-state index contributed by atoms with van der Waals surface area (Å²) in [7, 11) is 0. The summed E-state index contributed by atoms with van der Waals surface area (Å²) in [6.45, 7) is 14.4. The van der Waals surface area contributed by atoms with Crippen molar-refractivity contribution in [3.05, 3.63) is 0 Å². The Morgan fingerprint density at radius 1 is 1.05 bits per heavy atom. The number of hydrogen-bond donors (Lipinski definition) is 1. The molecule has 0 radical (unpaired) electrons. The molecule has 118 valence electrons. The van der Waals surface area contributed by atoms with Crippen molar-refractivity contribution in [2.75, 3.05) is 13.1 Å². The summed E-state index contributed by atoms with van der Waals surface area (Å²) in [6, 6.07) is 1.09. The highest BCUT2D eigenvalue weighted by Crippen LogP contribution is 2.40. The summed E-state index contributed by atoms with van der Waals surface area (Å²) < 4.78 is 0. The Balaban J connectivity index is 1.93. The van der Waals surface area contributed by atoms with Gasteiger partial charge in [0.15, 0.2) is 0 Å². The Labute approximate surface area is 126 Å². The van der Waals surface area contributed by atoms with Gasteiger partial charge in [-0.05, 0) is 69.1 Å². The van der Waals surface area contributed by atoms with Gasteiger partial charge in [0.1, 0.15) is 0 Å². The van der Waals surface area contributed by atoms with Crippen LogP contribution < -0.4 is 5.73 Å². The minimum absolute atomic E-state index is 0.425. The molecule has 3 unspecified atom stereocenters. The second-order valence-electron chi connectivity index (χ2n) is 8.79. The van der Waals surface area contributed by atoms with Gasteiger partial charge in [0.2, 0.25) is 0 Å². The van der Waals surface area contributed by atoms with Gasteiger partial charge in [0, 0.05) is 25.2 Å². The molecule has 2 nitrogen and oxygen atoms in total. The lowest BCUT2D eigenvalue weighted by molar-refractivity contribution is 0.0868. The van der Waals surface area contributed by atoms with Crippen LogP contribution >= 0.6 is 0 Å². The Morgan fingerprint density at radius 3 is 2.20 bits per heavy atom. The first kappa shape index (κ1) is 16.3. The summed E-state index contributed by atoms with van der Waals surface area (Å²) in [5, 5.41) is 0. The standard InChI is InChI=1S/C18H36N2/c1-13(2)20(11-14-6-7-14)12-15-10-16(18(3,4)5)8-9-17(15)19/h13-17H,6-12,19H2,1-5H3. The zero-order valence-corrected chi connectivity index (χ0v) is 14.4. The van der Waals surface area contributed by atoms with Crippen molar-refractivity contribution < 1.29 is 0 Å². The number of rotatable bonds is 5. The van der Waals surface area contributed by atoms with Crippen LogP contribution in [0.3, 0.4) is 0 Å². The molecular formula is C18H36N2. The molecule has 2 aliphatic carbocycles. The molecule has 0 aromatic carbocycles. The predicted octanol–water partition coefficient (Wildman–Crippen LogP) is 3.90. The zero-order valence-electron chi connectivity index (χ0n) is 14.4. The first-order valence-corrected chi connectivity index (χ1v) is 8.77. The molecule has 2 fully saturated rings. The molecule has 0 aliphatic heterocycles. The molecule has 2 aliphatic rings. The molecule has 2 heteroatoms. The lowest BCUT2D eigenvalue weighted by atomic mass is 9.67. The average Bonchev–Trinajstić information content (AvgIpc) is 3.13. The normalized spacial score (nSPS) is 32.1. The molecule has 2 saturated carbocycles. The van der Waals surface area contributed by atoms with Gasteiger partial charge >= 0.3 is 0 Å². The van der Waals surface area contributed by atoms with Crippen LogP contribution in [0.5, 0.6) is 0 Å². The first-order chi connectivity index (χ1) is 9.27. The first-order valence-electron chi connectivity index (χ1n) is 8.77. The highest BCUT2D eigenvalue weighted by molar-refractivity contribution is 4.90. The van der Waals surface area contributed by atoms with Crippen LogP contribution in [0.25, 0.3) is 0 Å². The third-order valence-corrected chi connectivity index (χ3v) is 5.65. The van der Waals surface area contributed by atoms with E-state index in [-0.39, 0.29) is 0 Å². The van der Waals surface area contributed by atoms with Gasteiger partial charge < -0.3 is 10.6 Å². The van der Waals surface area contributed by atoms with Gasteiger partial charge in [-0.25, -0.2) is 0 Å². The molecular weight excluding hydrogens is 244 g/mol. The number of hydrogen-bond acceptors (Lipinski definition) is 2. The van der Waals surface area contributed by atoms with E-state index in [0.717, 1.165) is 11.8 Å². The third-order valence-electron chi connectivity index (χ3n) is 5.65. The average molecular weight is 280 g/mol. The third kappa shape index (κ3) is 4.46. The van der Waals surface area contributed by atoms with Crippen LogP contribution in [0.1, 0.15) is 66.7 Å². The largest absolute Gasteiger partial charge is 0.327 e. The van der Waals surface area contributed by atoms with E-state index in [1.165, 1.54) is 45.2 Å². The van der Waals surface area contributed by atoms with Gasteiger partial charge in [-0.15, -0.1) is 0 Å². The maximum atomic E-state index is 6.45. The van der Waals surface area contributed by atoms with Crippen LogP contribution in [0.2, 0.25) is 0 Å². The summed E-state index contributed by atoms with van der Waals surface area (Å²) in [6.07, 6.45) is 6.78. The molecule has 0 spiro atoms. The maximum absolute atomic E-state index is 6.45.